The van der Waals surface area contributed by atoms with E-state index in [0.29, 0.717) is 12.2 Å². The van der Waals surface area contributed by atoms with E-state index in [-0.39, 0.29) is 5.56 Å². The van der Waals surface area contributed by atoms with Crippen LogP contribution in [0.15, 0.2) is 34.8 Å². The summed E-state index contributed by atoms with van der Waals surface area (Å²) in [4.78, 5) is 10.9. The van der Waals surface area contributed by atoms with Gasteiger partial charge < -0.3 is 10.4 Å². The van der Waals surface area contributed by atoms with Crippen molar-refractivity contribution in [3.8, 4) is 0 Å². The van der Waals surface area contributed by atoms with Crippen LogP contribution >= 0.6 is 15.9 Å². The highest BCUT2D eigenvalue weighted by Gasteiger charge is 2.09. The van der Waals surface area contributed by atoms with Crippen LogP contribution in [0.3, 0.4) is 0 Å². The smallest absolute Gasteiger partial charge is 0.337 e. The van der Waals surface area contributed by atoms with E-state index in [0.717, 1.165) is 10.0 Å². The Balaban J connectivity index is 2.95. The van der Waals surface area contributed by atoms with Gasteiger partial charge in [-0.2, -0.15) is 0 Å². The number of benzene rings is 1. The van der Waals surface area contributed by atoms with Crippen molar-refractivity contribution in [2.75, 3.05) is 11.9 Å². The highest BCUT2D eigenvalue weighted by molar-refractivity contribution is 9.10. The van der Waals surface area contributed by atoms with Crippen LogP contribution in [0.25, 0.3) is 0 Å². The molecule has 0 heterocycles. The van der Waals surface area contributed by atoms with Gasteiger partial charge in [-0.05, 0) is 25.1 Å². The maximum Gasteiger partial charge on any atom is 0.337 e. The second-order valence-corrected chi connectivity index (χ2v) is 4.22. The summed E-state index contributed by atoms with van der Waals surface area (Å²) < 4.78 is 0.751. The van der Waals surface area contributed by atoms with Crippen molar-refractivity contribution in [3.05, 3.63) is 40.4 Å². The number of anilines is 1. The predicted octanol–water partition coefficient (Wildman–Crippen LogP) is 3.14. The van der Waals surface area contributed by atoms with Gasteiger partial charge in [-0.25, -0.2) is 4.79 Å². The Labute approximate surface area is 96.9 Å². The molecule has 0 aliphatic heterocycles. The van der Waals surface area contributed by atoms with E-state index in [4.69, 9.17) is 5.11 Å². The molecular formula is C11H12BrNO2. The SMILES string of the molecule is C=C(C)CNc1ccc(Br)cc1C(=O)O. The number of carboxylic acid groups (broad SMARTS) is 1. The number of nitrogens with one attached hydrogen (secondary N) is 1. The van der Waals surface area contributed by atoms with E-state index in [9.17, 15) is 4.79 Å². The van der Waals surface area contributed by atoms with Gasteiger partial charge in [0.1, 0.15) is 0 Å². The minimum atomic E-state index is -0.944. The Morgan fingerprint density at radius 3 is 2.80 bits per heavy atom. The number of hydrogen-bond acceptors (Lipinski definition) is 2. The second kappa shape index (κ2) is 4.98. The normalized spacial score (nSPS) is 9.73. The number of rotatable bonds is 4. The third-order valence-electron chi connectivity index (χ3n) is 1.79. The molecule has 1 rings (SSSR count). The largest absolute Gasteiger partial charge is 0.478 e. The van der Waals surface area contributed by atoms with Gasteiger partial charge in [0.15, 0.2) is 0 Å². The van der Waals surface area contributed by atoms with Gasteiger partial charge in [-0.1, -0.05) is 28.1 Å². The highest BCUT2D eigenvalue weighted by atomic mass is 79.9. The molecule has 0 spiro atoms. The molecule has 0 radical (unpaired) electrons. The molecule has 0 atom stereocenters. The van der Waals surface area contributed by atoms with Crippen molar-refractivity contribution in [2.45, 2.75) is 6.92 Å². The first-order valence-electron chi connectivity index (χ1n) is 4.42. The number of carbonyl (C=O) groups is 1. The molecule has 0 aliphatic carbocycles. The molecule has 1 aromatic carbocycles. The standard InChI is InChI=1S/C11H12BrNO2/c1-7(2)6-13-10-4-3-8(12)5-9(10)11(14)15/h3-5,13H,1,6H2,2H3,(H,14,15). The van der Waals surface area contributed by atoms with E-state index in [2.05, 4.69) is 27.8 Å². The van der Waals surface area contributed by atoms with Crippen LogP contribution in [-0.4, -0.2) is 17.6 Å². The molecule has 0 bridgehead atoms. The predicted molar refractivity (Wildman–Crippen MR) is 64.4 cm³/mol. The second-order valence-electron chi connectivity index (χ2n) is 3.31. The molecule has 0 saturated heterocycles. The summed E-state index contributed by atoms with van der Waals surface area (Å²) in [5, 5.41) is 12.0. The van der Waals surface area contributed by atoms with Crippen molar-refractivity contribution in [2.24, 2.45) is 0 Å². The van der Waals surface area contributed by atoms with Crippen LogP contribution in [-0.2, 0) is 0 Å². The van der Waals surface area contributed by atoms with Gasteiger partial charge in [-0.15, -0.1) is 0 Å². The summed E-state index contributed by atoms with van der Waals surface area (Å²) in [6.45, 7) is 6.20. The van der Waals surface area contributed by atoms with Gasteiger partial charge in [0.2, 0.25) is 0 Å². The summed E-state index contributed by atoms with van der Waals surface area (Å²) in [6.07, 6.45) is 0. The zero-order chi connectivity index (χ0) is 11.4. The first-order valence-corrected chi connectivity index (χ1v) is 5.21. The van der Waals surface area contributed by atoms with Gasteiger partial charge >= 0.3 is 5.97 Å². The molecule has 0 saturated carbocycles. The lowest BCUT2D eigenvalue weighted by Gasteiger charge is -2.09. The van der Waals surface area contributed by atoms with Crippen molar-refractivity contribution in [1.29, 1.82) is 0 Å². The molecular weight excluding hydrogens is 258 g/mol. The number of halogens is 1. The summed E-state index contributed by atoms with van der Waals surface area (Å²) in [6, 6.07) is 5.10. The van der Waals surface area contributed by atoms with Crippen LogP contribution in [0.2, 0.25) is 0 Å². The summed E-state index contributed by atoms with van der Waals surface area (Å²) in [5.74, 6) is -0.944. The lowest BCUT2D eigenvalue weighted by Crippen LogP contribution is -2.07. The average Bonchev–Trinajstić information content (AvgIpc) is 2.15. The molecule has 15 heavy (non-hydrogen) atoms. The Morgan fingerprint density at radius 1 is 1.60 bits per heavy atom. The third kappa shape index (κ3) is 3.40. The topological polar surface area (TPSA) is 49.3 Å². The average molecular weight is 270 g/mol. The molecule has 0 amide bonds. The number of aromatic carboxylic acids is 1. The lowest BCUT2D eigenvalue weighted by atomic mass is 10.1. The van der Waals surface area contributed by atoms with Gasteiger partial charge in [-0.3, -0.25) is 0 Å². The maximum atomic E-state index is 10.9. The molecule has 0 unspecified atom stereocenters. The Hall–Kier alpha value is -1.29. The highest BCUT2D eigenvalue weighted by Crippen LogP contribution is 2.21. The van der Waals surface area contributed by atoms with Crippen LogP contribution in [0.4, 0.5) is 5.69 Å². The van der Waals surface area contributed by atoms with Crippen LogP contribution in [0.1, 0.15) is 17.3 Å². The third-order valence-corrected chi connectivity index (χ3v) is 2.29. The summed E-state index contributed by atoms with van der Waals surface area (Å²) in [7, 11) is 0. The van der Waals surface area contributed by atoms with E-state index >= 15 is 0 Å². The van der Waals surface area contributed by atoms with Crippen molar-refractivity contribution in [3.63, 3.8) is 0 Å². The first-order chi connectivity index (χ1) is 7.00. The van der Waals surface area contributed by atoms with Gasteiger partial charge in [0.25, 0.3) is 0 Å². The monoisotopic (exact) mass is 269 g/mol. The number of carboxylic acids is 1. The number of hydrogen-bond donors (Lipinski definition) is 2. The molecule has 0 fully saturated rings. The zero-order valence-corrected chi connectivity index (χ0v) is 9.97. The molecule has 2 N–H and O–H groups in total. The minimum Gasteiger partial charge on any atom is -0.478 e. The van der Waals surface area contributed by atoms with Gasteiger partial charge in [0.05, 0.1) is 5.56 Å². The Kier molecular flexibility index (Phi) is 3.91. The molecule has 0 aromatic heterocycles. The minimum absolute atomic E-state index is 0.255. The van der Waals surface area contributed by atoms with Crippen molar-refractivity contribution in [1.82, 2.24) is 0 Å². The summed E-state index contributed by atoms with van der Waals surface area (Å²) >= 11 is 3.24. The molecule has 4 heteroatoms. The van der Waals surface area contributed by atoms with Crippen molar-refractivity contribution < 1.29 is 9.90 Å². The zero-order valence-electron chi connectivity index (χ0n) is 8.38. The van der Waals surface area contributed by atoms with Gasteiger partial charge in [0, 0.05) is 16.7 Å². The maximum absolute atomic E-state index is 10.9. The van der Waals surface area contributed by atoms with Crippen LogP contribution in [0, 0.1) is 0 Å². The van der Waals surface area contributed by atoms with E-state index < -0.39 is 5.97 Å². The van der Waals surface area contributed by atoms with E-state index in [1.54, 1.807) is 18.2 Å². The first kappa shape index (κ1) is 11.8. The molecule has 3 nitrogen and oxygen atoms in total. The molecule has 1 aromatic rings. The van der Waals surface area contributed by atoms with Crippen LogP contribution < -0.4 is 5.32 Å². The molecule has 80 valence electrons. The summed E-state index contributed by atoms with van der Waals surface area (Å²) in [5.41, 5.74) is 1.81. The fourth-order valence-corrected chi connectivity index (χ4v) is 1.45. The van der Waals surface area contributed by atoms with E-state index in [1.165, 1.54) is 0 Å². The van der Waals surface area contributed by atoms with Crippen LogP contribution in [0.5, 0.6) is 0 Å². The fraction of sp³-hybridized carbons (Fsp3) is 0.182. The fourth-order valence-electron chi connectivity index (χ4n) is 1.09. The van der Waals surface area contributed by atoms with Crippen molar-refractivity contribution >= 4 is 27.6 Å². The van der Waals surface area contributed by atoms with E-state index in [1.807, 2.05) is 6.92 Å². The quantitative estimate of drug-likeness (QED) is 0.826. The lowest BCUT2D eigenvalue weighted by molar-refractivity contribution is 0.0698. The molecule has 0 aliphatic rings. The Morgan fingerprint density at radius 2 is 2.27 bits per heavy atom. The Bertz CT molecular complexity index is 402.